The van der Waals surface area contributed by atoms with Gasteiger partial charge in [0.05, 0.1) is 12.7 Å². The van der Waals surface area contributed by atoms with Gasteiger partial charge in [-0.1, -0.05) is 25.7 Å². The average Bonchev–Trinajstić information content (AvgIpc) is 2.34. The van der Waals surface area contributed by atoms with Crippen molar-refractivity contribution in [2.45, 2.75) is 13.8 Å². The molecule has 0 saturated carbocycles. The summed E-state index contributed by atoms with van der Waals surface area (Å²) in [4.78, 5) is 11.2. The molecule has 2 heteroatoms. The van der Waals surface area contributed by atoms with Gasteiger partial charge in [0.2, 0.25) is 0 Å². The smallest absolute Gasteiger partial charge is 0.337 e. The van der Waals surface area contributed by atoms with Crippen molar-refractivity contribution in [1.82, 2.24) is 0 Å². The third-order valence-electron chi connectivity index (χ3n) is 1.94. The number of methoxy groups -OCH3 is 1. The fourth-order valence-electron chi connectivity index (χ4n) is 1.09. The zero-order chi connectivity index (χ0) is 12.7. The molecule has 0 heterocycles. The highest BCUT2D eigenvalue weighted by atomic mass is 16.5. The van der Waals surface area contributed by atoms with Crippen molar-refractivity contribution >= 4 is 5.97 Å². The molecule has 0 atom stereocenters. The maximum Gasteiger partial charge on any atom is 0.337 e. The van der Waals surface area contributed by atoms with E-state index in [1.807, 2.05) is 13.8 Å². The first-order valence-corrected chi connectivity index (χ1v) is 5.33. The van der Waals surface area contributed by atoms with E-state index < -0.39 is 0 Å². The van der Waals surface area contributed by atoms with Crippen LogP contribution in [0.15, 0.2) is 24.3 Å². The number of ether oxygens (including phenoxy) is 1. The van der Waals surface area contributed by atoms with Gasteiger partial charge < -0.3 is 4.74 Å². The zero-order valence-corrected chi connectivity index (χ0v) is 10.2. The Morgan fingerprint density at radius 3 is 2.35 bits per heavy atom. The predicted molar refractivity (Wildman–Crippen MR) is 67.3 cm³/mol. The largest absolute Gasteiger partial charge is 0.465 e. The third-order valence-corrected chi connectivity index (χ3v) is 1.94. The normalized spacial score (nSPS) is 8.71. The maximum absolute atomic E-state index is 11.2. The van der Waals surface area contributed by atoms with Crippen molar-refractivity contribution in [3.05, 3.63) is 35.4 Å². The Hall–Kier alpha value is -2.19. The SMILES string of the molecule is COC(=O)c1ccc(C#CC#CC(C)C)cc1. The minimum atomic E-state index is -0.343. The second-order valence-corrected chi connectivity index (χ2v) is 3.74. The molecule has 86 valence electrons. The lowest BCUT2D eigenvalue weighted by Crippen LogP contribution is -2.00. The molecule has 2 nitrogen and oxygen atoms in total. The lowest BCUT2D eigenvalue weighted by molar-refractivity contribution is 0.0601. The lowest BCUT2D eigenvalue weighted by Gasteiger charge is -1.97. The summed E-state index contributed by atoms with van der Waals surface area (Å²) in [5, 5.41) is 0. The van der Waals surface area contributed by atoms with E-state index in [-0.39, 0.29) is 5.97 Å². The van der Waals surface area contributed by atoms with E-state index in [4.69, 9.17) is 0 Å². The van der Waals surface area contributed by atoms with Crippen LogP contribution in [-0.2, 0) is 4.74 Å². The zero-order valence-electron chi connectivity index (χ0n) is 10.2. The molecule has 0 amide bonds. The molecule has 0 bridgehead atoms. The number of benzene rings is 1. The van der Waals surface area contributed by atoms with Crippen molar-refractivity contribution in [3.63, 3.8) is 0 Å². The first-order chi connectivity index (χ1) is 8.13. The molecule has 0 N–H and O–H groups in total. The van der Waals surface area contributed by atoms with Crippen molar-refractivity contribution in [1.29, 1.82) is 0 Å². The summed E-state index contributed by atoms with van der Waals surface area (Å²) in [6.07, 6.45) is 0. The first-order valence-electron chi connectivity index (χ1n) is 5.33. The Bertz CT molecular complexity index is 502. The van der Waals surface area contributed by atoms with Crippen LogP contribution in [0.5, 0.6) is 0 Å². The molecule has 0 fully saturated rings. The van der Waals surface area contributed by atoms with Gasteiger partial charge in [0.25, 0.3) is 0 Å². The Balaban J connectivity index is 2.76. The number of esters is 1. The molecule has 0 aliphatic rings. The summed E-state index contributed by atoms with van der Waals surface area (Å²) in [7, 11) is 1.36. The Morgan fingerprint density at radius 2 is 1.82 bits per heavy atom. The summed E-state index contributed by atoms with van der Waals surface area (Å²) in [6.45, 7) is 4.03. The molecule has 17 heavy (non-hydrogen) atoms. The molecule has 0 unspecified atom stereocenters. The average molecular weight is 226 g/mol. The Labute approximate surface area is 102 Å². The van der Waals surface area contributed by atoms with E-state index in [2.05, 4.69) is 28.4 Å². The summed E-state index contributed by atoms with van der Waals surface area (Å²) in [5.74, 6) is 11.4. The van der Waals surface area contributed by atoms with Crippen molar-refractivity contribution in [3.8, 4) is 23.7 Å². The topological polar surface area (TPSA) is 26.3 Å². The number of carbonyl (C=O) groups is 1. The first kappa shape index (κ1) is 12.9. The van der Waals surface area contributed by atoms with Crippen LogP contribution in [0.4, 0.5) is 0 Å². The van der Waals surface area contributed by atoms with Gasteiger partial charge in [0, 0.05) is 11.5 Å². The van der Waals surface area contributed by atoms with Gasteiger partial charge in [-0.2, -0.15) is 0 Å². The summed E-state index contributed by atoms with van der Waals surface area (Å²) < 4.78 is 4.60. The van der Waals surface area contributed by atoms with Gasteiger partial charge in [-0.25, -0.2) is 4.79 Å². The van der Waals surface area contributed by atoms with E-state index >= 15 is 0 Å². The van der Waals surface area contributed by atoms with E-state index in [1.165, 1.54) is 7.11 Å². The van der Waals surface area contributed by atoms with Crippen LogP contribution >= 0.6 is 0 Å². The highest BCUT2D eigenvalue weighted by Crippen LogP contribution is 2.04. The number of rotatable bonds is 1. The second-order valence-electron chi connectivity index (χ2n) is 3.74. The van der Waals surface area contributed by atoms with Crippen LogP contribution in [0.1, 0.15) is 29.8 Å². The summed E-state index contributed by atoms with van der Waals surface area (Å²) in [6, 6.07) is 6.92. The summed E-state index contributed by atoms with van der Waals surface area (Å²) in [5.41, 5.74) is 1.35. The molecule has 0 aliphatic carbocycles. The molecule has 1 aromatic rings. The number of carbonyl (C=O) groups excluding carboxylic acids is 1. The lowest BCUT2D eigenvalue weighted by atomic mass is 10.1. The molecule has 0 aromatic heterocycles. The van der Waals surface area contributed by atoms with Crippen LogP contribution < -0.4 is 0 Å². The van der Waals surface area contributed by atoms with E-state index in [0.717, 1.165) is 5.56 Å². The standard InChI is InChI=1S/C15H14O2/c1-12(2)6-4-5-7-13-8-10-14(11-9-13)15(16)17-3/h8-12H,1-3H3. The van der Waals surface area contributed by atoms with E-state index in [9.17, 15) is 4.79 Å². The van der Waals surface area contributed by atoms with Gasteiger partial charge in [-0.3, -0.25) is 0 Å². The highest BCUT2D eigenvalue weighted by Gasteiger charge is 2.02. The van der Waals surface area contributed by atoms with Gasteiger partial charge in [0.15, 0.2) is 0 Å². The van der Waals surface area contributed by atoms with Crippen LogP contribution in [0, 0.1) is 29.6 Å². The van der Waals surface area contributed by atoms with Crippen LogP contribution in [0.25, 0.3) is 0 Å². The minimum absolute atomic E-state index is 0.325. The monoisotopic (exact) mass is 226 g/mol. The quantitative estimate of drug-likeness (QED) is 0.543. The van der Waals surface area contributed by atoms with Gasteiger partial charge >= 0.3 is 5.97 Å². The van der Waals surface area contributed by atoms with Gasteiger partial charge in [-0.15, -0.1) is 0 Å². The fourth-order valence-corrected chi connectivity index (χ4v) is 1.09. The predicted octanol–water partition coefficient (Wildman–Crippen LogP) is 2.48. The Morgan fingerprint density at radius 1 is 1.18 bits per heavy atom. The number of hydrogen-bond acceptors (Lipinski definition) is 2. The second kappa shape index (κ2) is 6.40. The maximum atomic E-state index is 11.2. The van der Waals surface area contributed by atoms with E-state index in [0.29, 0.717) is 11.5 Å². The van der Waals surface area contributed by atoms with Crippen LogP contribution in [0.3, 0.4) is 0 Å². The molecule has 0 spiro atoms. The summed E-state index contributed by atoms with van der Waals surface area (Å²) >= 11 is 0. The van der Waals surface area contributed by atoms with Crippen molar-refractivity contribution in [2.24, 2.45) is 5.92 Å². The molecular weight excluding hydrogens is 212 g/mol. The van der Waals surface area contributed by atoms with Crippen LogP contribution in [-0.4, -0.2) is 13.1 Å². The van der Waals surface area contributed by atoms with Crippen molar-refractivity contribution in [2.75, 3.05) is 7.11 Å². The van der Waals surface area contributed by atoms with Gasteiger partial charge in [0.1, 0.15) is 0 Å². The molecule has 1 aromatic carbocycles. The highest BCUT2D eigenvalue weighted by molar-refractivity contribution is 5.89. The third kappa shape index (κ3) is 4.45. The minimum Gasteiger partial charge on any atom is -0.465 e. The van der Waals surface area contributed by atoms with Crippen LogP contribution in [0.2, 0.25) is 0 Å². The van der Waals surface area contributed by atoms with Crippen molar-refractivity contribution < 1.29 is 9.53 Å². The molecule has 0 radical (unpaired) electrons. The van der Waals surface area contributed by atoms with Gasteiger partial charge in [-0.05, 0) is 36.1 Å². The molecule has 1 rings (SSSR count). The molecule has 0 saturated heterocycles. The Kier molecular flexibility index (Phi) is 4.85. The van der Waals surface area contributed by atoms with E-state index in [1.54, 1.807) is 24.3 Å². The molecule has 0 aliphatic heterocycles. The number of hydrogen-bond donors (Lipinski definition) is 0. The fraction of sp³-hybridized carbons (Fsp3) is 0.267. The molecular formula is C15H14O2.